The van der Waals surface area contributed by atoms with Crippen LogP contribution in [0.2, 0.25) is 5.15 Å². The molecule has 8 nitrogen and oxygen atoms in total. The van der Waals surface area contributed by atoms with Gasteiger partial charge < -0.3 is 16.0 Å². The number of primary amides is 1. The topological polar surface area (TPSA) is 114 Å². The van der Waals surface area contributed by atoms with Gasteiger partial charge in [0.1, 0.15) is 5.69 Å². The van der Waals surface area contributed by atoms with Gasteiger partial charge in [-0.05, 0) is 24.6 Å². The fourth-order valence-corrected chi connectivity index (χ4v) is 2.72. The predicted octanol–water partition coefficient (Wildman–Crippen LogP) is 0.950. The van der Waals surface area contributed by atoms with E-state index >= 15 is 0 Å². The number of nitrogens with zero attached hydrogens (tertiary/aromatic N) is 4. The summed E-state index contributed by atoms with van der Waals surface area (Å²) in [5, 5.41) is 10.8. The van der Waals surface area contributed by atoms with E-state index in [1.807, 2.05) is 0 Å². The van der Waals surface area contributed by atoms with Gasteiger partial charge in [0.25, 0.3) is 11.8 Å². The molecule has 1 atom stereocenters. The second-order valence-corrected chi connectivity index (χ2v) is 5.78. The van der Waals surface area contributed by atoms with Gasteiger partial charge >= 0.3 is 0 Å². The molecule has 1 aliphatic rings. The second kappa shape index (κ2) is 6.79. The van der Waals surface area contributed by atoms with Crippen LogP contribution in [-0.4, -0.2) is 51.0 Å². The van der Waals surface area contributed by atoms with E-state index in [1.54, 1.807) is 29.3 Å². The number of hydrogen-bond acceptors (Lipinski definition) is 6. The van der Waals surface area contributed by atoms with Gasteiger partial charge in [0.2, 0.25) is 0 Å². The van der Waals surface area contributed by atoms with Crippen LogP contribution in [-0.2, 0) is 0 Å². The molecule has 1 saturated heterocycles. The Morgan fingerprint density at radius 3 is 2.88 bits per heavy atom. The summed E-state index contributed by atoms with van der Waals surface area (Å²) in [6, 6.07) is 6.51. The summed E-state index contributed by atoms with van der Waals surface area (Å²) in [6.07, 6.45) is 2.29. The van der Waals surface area contributed by atoms with Gasteiger partial charge in [0, 0.05) is 25.3 Å². The normalized spacial score (nSPS) is 16.9. The number of carbonyl (C=O) groups excluding carboxylic acids is 2. The Hall–Kier alpha value is -2.74. The van der Waals surface area contributed by atoms with Crippen molar-refractivity contribution in [3.63, 3.8) is 0 Å². The number of hydrogen-bond donors (Lipinski definition) is 2. The number of aromatic nitrogens is 3. The summed E-state index contributed by atoms with van der Waals surface area (Å²) in [5.41, 5.74) is 5.91. The molecule has 124 valence electrons. The van der Waals surface area contributed by atoms with E-state index in [4.69, 9.17) is 17.3 Å². The number of halogens is 1. The number of rotatable bonds is 4. The summed E-state index contributed by atoms with van der Waals surface area (Å²) in [4.78, 5) is 29.6. The second-order valence-electron chi connectivity index (χ2n) is 5.39. The lowest BCUT2D eigenvalue weighted by Gasteiger charge is -2.17. The minimum absolute atomic E-state index is 0.0637. The minimum Gasteiger partial charge on any atom is -0.365 e. The first-order chi connectivity index (χ1) is 11.5. The highest BCUT2D eigenvalue weighted by Crippen LogP contribution is 2.20. The zero-order valence-corrected chi connectivity index (χ0v) is 13.4. The predicted molar refractivity (Wildman–Crippen MR) is 87.7 cm³/mol. The molecule has 2 aromatic rings. The molecule has 3 N–H and O–H groups in total. The molecule has 0 radical (unpaired) electrons. The van der Waals surface area contributed by atoms with Crippen molar-refractivity contribution in [3.05, 3.63) is 46.9 Å². The quantitative estimate of drug-likeness (QED) is 0.852. The summed E-state index contributed by atoms with van der Waals surface area (Å²) < 4.78 is 0. The maximum Gasteiger partial charge on any atom is 0.272 e. The van der Waals surface area contributed by atoms with E-state index in [0.717, 1.165) is 0 Å². The van der Waals surface area contributed by atoms with Crippen molar-refractivity contribution in [1.82, 2.24) is 20.1 Å². The lowest BCUT2D eigenvalue weighted by atomic mass is 10.2. The van der Waals surface area contributed by atoms with Crippen molar-refractivity contribution >= 4 is 29.2 Å². The maximum absolute atomic E-state index is 12.4. The van der Waals surface area contributed by atoms with Crippen molar-refractivity contribution in [3.8, 4) is 0 Å². The third-order valence-corrected chi connectivity index (χ3v) is 3.91. The van der Waals surface area contributed by atoms with Gasteiger partial charge in [-0.25, -0.2) is 0 Å². The number of carbonyl (C=O) groups is 2. The van der Waals surface area contributed by atoms with Crippen LogP contribution in [0.4, 0.5) is 5.82 Å². The molecule has 2 amide bonds. The van der Waals surface area contributed by atoms with Crippen molar-refractivity contribution in [2.24, 2.45) is 5.73 Å². The fraction of sp³-hybridized carbons (Fsp3) is 0.267. The van der Waals surface area contributed by atoms with E-state index in [1.165, 1.54) is 6.07 Å². The number of likely N-dealkylation sites (tertiary alicyclic amines) is 1. The molecule has 1 unspecified atom stereocenters. The molecule has 3 rings (SSSR count). The van der Waals surface area contributed by atoms with Gasteiger partial charge in [-0.2, -0.15) is 0 Å². The van der Waals surface area contributed by atoms with Crippen molar-refractivity contribution in [2.45, 2.75) is 12.5 Å². The van der Waals surface area contributed by atoms with E-state index < -0.39 is 5.91 Å². The highest BCUT2D eigenvalue weighted by Gasteiger charge is 2.28. The molecular formula is C15H15ClN6O2. The smallest absolute Gasteiger partial charge is 0.272 e. The molecule has 2 aromatic heterocycles. The number of anilines is 1. The third kappa shape index (κ3) is 3.43. The molecule has 1 aliphatic heterocycles. The van der Waals surface area contributed by atoms with Crippen molar-refractivity contribution < 1.29 is 9.59 Å². The Kier molecular flexibility index (Phi) is 4.57. The van der Waals surface area contributed by atoms with Crippen LogP contribution in [0.5, 0.6) is 0 Å². The van der Waals surface area contributed by atoms with Crippen LogP contribution in [0.1, 0.15) is 27.3 Å². The number of nitrogens with two attached hydrogens (primary N) is 1. The summed E-state index contributed by atoms with van der Waals surface area (Å²) in [5.74, 6) is -0.505. The third-order valence-electron chi connectivity index (χ3n) is 3.73. The monoisotopic (exact) mass is 346 g/mol. The van der Waals surface area contributed by atoms with Crippen LogP contribution < -0.4 is 11.1 Å². The van der Waals surface area contributed by atoms with Crippen LogP contribution in [0.3, 0.4) is 0 Å². The molecule has 0 aliphatic carbocycles. The Morgan fingerprint density at radius 2 is 2.17 bits per heavy atom. The van der Waals surface area contributed by atoms with Crippen molar-refractivity contribution in [1.29, 1.82) is 0 Å². The van der Waals surface area contributed by atoms with Gasteiger partial charge in [-0.15, -0.1) is 10.2 Å². The van der Waals surface area contributed by atoms with Crippen LogP contribution in [0.25, 0.3) is 0 Å². The Balaban J connectivity index is 1.69. The molecule has 1 fully saturated rings. The molecule has 0 aromatic carbocycles. The Labute approximate surface area is 143 Å². The number of amides is 2. The highest BCUT2D eigenvalue weighted by atomic mass is 35.5. The number of pyridine rings is 1. The highest BCUT2D eigenvalue weighted by molar-refractivity contribution is 6.29. The van der Waals surface area contributed by atoms with Gasteiger partial charge in [0.05, 0.1) is 5.56 Å². The van der Waals surface area contributed by atoms with Gasteiger partial charge in [0.15, 0.2) is 11.0 Å². The first-order valence-electron chi connectivity index (χ1n) is 7.34. The average molecular weight is 347 g/mol. The fourth-order valence-electron chi connectivity index (χ4n) is 2.57. The maximum atomic E-state index is 12.4. The lowest BCUT2D eigenvalue weighted by molar-refractivity contribution is 0.0785. The van der Waals surface area contributed by atoms with E-state index in [2.05, 4.69) is 20.5 Å². The first kappa shape index (κ1) is 16.1. The van der Waals surface area contributed by atoms with Crippen LogP contribution in [0.15, 0.2) is 30.5 Å². The van der Waals surface area contributed by atoms with E-state index in [9.17, 15) is 9.59 Å². The summed E-state index contributed by atoms with van der Waals surface area (Å²) in [6.45, 7) is 1.05. The molecule has 24 heavy (non-hydrogen) atoms. The molecule has 0 spiro atoms. The number of nitrogens with one attached hydrogen (secondary N) is 1. The SMILES string of the molecule is NC(=O)c1cc(Cl)nnc1NC1CCN(C(=O)c2ccccn2)C1. The largest absolute Gasteiger partial charge is 0.365 e. The molecule has 3 heterocycles. The Morgan fingerprint density at radius 1 is 1.33 bits per heavy atom. The minimum atomic E-state index is -0.645. The average Bonchev–Trinajstić information content (AvgIpc) is 3.05. The molecule has 0 bridgehead atoms. The van der Waals surface area contributed by atoms with Crippen molar-refractivity contribution in [2.75, 3.05) is 18.4 Å². The van der Waals surface area contributed by atoms with E-state index in [-0.39, 0.29) is 28.5 Å². The standard InChI is InChI=1S/C15H15ClN6O2/c16-12-7-10(13(17)23)14(21-20-12)19-9-4-6-22(8-9)15(24)11-3-1-2-5-18-11/h1-3,5,7,9H,4,6,8H2,(H2,17,23)(H,19,21). The van der Waals surface area contributed by atoms with Gasteiger partial charge in [-0.3, -0.25) is 14.6 Å². The zero-order chi connectivity index (χ0) is 17.1. The van der Waals surface area contributed by atoms with Crippen LogP contribution >= 0.6 is 11.6 Å². The zero-order valence-electron chi connectivity index (χ0n) is 12.6. The van der Waals surface area contributed by atoms with E-state index in [0.29, 0.717) is 25.2 Å². The molecule has 0 saturated carbocycles. The summed E-state index contributed by atoms with van der Waals surface area (Å²) in [7, 11) is 0. The molecular weight excluding hydrogens is 332 g/mol. The first-order valence-corrected chi connectivity index (χ1v) is 7.72. The summed E-state index contributed by atoms with van der Waals surface area (Å²) >= 11 is 5.74. The lowest BCUT2D eigenvalue weighted by Crippen LogP contribution is -2.32. The Bertz CT molecular complexity index is 770. The van der Waals surface area contributed by atoms with Crippen LogP contribution in [0, 0.1) is 0 Å². The van der Waals surface area contributed by atoms with Gasteiger partial charge in [-0.1, -0.05) is 17.7 Å². The molecule has 9 heteroatoms.